The lowest BCUT2D eigenvalue weighted by Gasteiger charge is -1.94. The summed E-state index contributed by atoms with van der Waals surface area (Å²) in [6.07, 6.45) is 7.01. The van der Waals surface area contributed by atoms with E-state index in [9.17, 15) is 0 Å². The molecule has 0 radical (unpaired) electrons. The predicted octanol–water partition coefficient (Wildman–Crippen LogP) is 2.25. The lowest BCUT2D eigenvalue weighted by molar-refractivity contribution is 0.885. The van der Waals surface area contributed by atoms with E-state index in [1.165, 1.54) is 4.88 Å². The van der Waals surface area contributed by atoms with Gasteiger partial charge in [-0.1, -0.05) is 13.8 Å². The van der Waals surface area contributed by atoms with Gasteiger partial charge in [0.2, 0.25) is 0 Å². The molecule has 1 aromatic rings. The summed E-state index contributed by atoms with van der Waals surface area (Å²) in [6, 6.07) is 0. The minimum Gasteiger partial charge on any atom is -0.236 e. The zero-order chi connectivity index (χ0) is 7.56. The first-order valence-corrected chi connectivity index (χ1v) is 3.98. The molecular formula is C8H9NS. The van der Waals surface area contributed by atoms with Crippen LogP contribution in [0.3, 0.4) is 0 Å². The van der Waals surface area contributed by atoms with Gasteiger partial charge in [0.15, 0.2) is 5.01 Å². The van der Waals surface area contributed by atoms with E-state index >= 15 is 0 Å². The van der Waals surface area contributed by atoms with Crippen LogP contribution in [0.5, 0.6) is 0 Å². The Kier molecular flexibility index (Phi) is 2.08. The fourth-order valence-electron chi connectivity index (χ4n) is 0.620. The molecule has 0 bridgehead atoms. The summed E-state index contributed by atoms with van der Waals surface area (Å²) in [4.78, 5) is 5.30. The molecule has 0 aliphatic heterocycles. The van der Waals surface area contributed by atoms with Gasteiger partial charge in [0, 0.05) is 11.1 Å². The van der Waals surface area contributed by atoms with Gasteiger partial charge in [0.05, 0.1) is 0 Å². The Bertz CT molecular complexity index is 254. The number of thiazole rings is 1. The number of aromatic nitrogens is 1. The lowest BCUT2D eigenvalue weighted by atomic mass is 10.2. The molecule has 0 saturated carbocycles. The Labute approximate surface area is 65.1 Å². The van der Waals surface area contributed by atoms with E-state index in [-0.39, 0.29) is 0 Å². The van der Waals surface area contributed by atoms with Crippen molar-refractivity contribution >= 4 is 11.3 Å². The van der Waals surface area contributed by atoms with Crippen molar-refractivity contribution < 1.29 is 0 Å². The van der Waals surface area contributed by atoms with Crippen LogP contribution in [0.4, 0.5) is 0 Å². The van der Waals surface area contributed by atoms with Crippen molar-refractivity contribution in [1.29, 1.82) is 0 Å². The second-order valence-electron chi connectivity index (χ2n) is 2.37. The largest absolute Gasteiger partial charge is 0.236 e. The van der Waals surface area contributed by atoms with Crippen LogP contribution in [0.2, 0.25) is 0 Å². The Morgan fingerprint density at radius 3 is 2.70 bits per heavy atom. The molecule has 1 nitrogen and oxygen atoms in total. The fourth-order valence-corrected chi connectivity index (χ4v) is 1.35. The van der Waals surface area contributed by atoms with E-state index in [1.54, 1.807) is 11.3 Å². The average Bonchev–Trinajstić information content (AvgIpc) is 2.34. The molecule has 10 heavy (non-hydrogen) atoms. The number of hydrogen-bond acceptors (Lipinski definition) is 2. The predicted molar refractivity (Wildman–Crippen MR) is 44.1 cm³/mol. The van der Waals surface area contributed by atoms with Gasteiger partial charge < -0.3 is 0 Å². The van der Waals surface area contributed by atoms with E-state index < -0.39 is 0 Å². The van der Waals surface area contributed by atoms with Crippen LogP contribution in [0.1, 0.15) is 29.7 Å². The van der Waals surface area contributed by atoms with Gasteiger partial charge in [-0.3, -0.25) is 0 Å². The smallest absolute Gasteiger partial charge is 0.166 e. The van der Waals surface area contributed by atoms with Crippen LogP contribution in [0.15, 0.2) is 6.20 Å². The van der Waals surface area contributed by atoms with Crippen LogP contribution in [0.25, 0.3) is 0 Å². The molecule has 52 valence electrons. The minimum atomic E-state index is 0.541. The molecule has 0 atom stereocenters. The third-order valence-electron chi connectivity index (χ3n) is 1.22. The second-order valence-corrected chi connectivity index (χ2v) is 3.43. The fraction of sp³-hybridized carbons (Fsp3) is 0.375. The van der Waals surface area contributed by atoms with Gasteiger partial charge in [-0.15, -0.1) is 17.8 Å². The normalized spacial score (nSPS) is 9.80. The highest BCUT2D eigenvalue weighted by molar-refractivity contribution is 7.12. The number of rotatable bonds is 1. The summed E-state index contributed by atoms with van der Waals surface area (Å²) in [5, 5.41) is 0.781. The van der Waals surface area contributed by atoms with Crippen LogP contribution >= 0.6 is 11.3 Å². The van der Waals surface area contributed by atoms with Gasteiger partial charge in [0.25, 0.3) is 0 Å². The van der Waals surface area contributed by atoms with E-state index in [4.69, 9.17) is 6.42 Å². The van der Waals surface area contributed by atoms with Crippen molar-refractivity contribution in [2.45, 2.75) is 19.8 Å². The SMILES string of the molecule is C#Cc1ncc(C(C)C)s1. The van der Waals surface area contributed by atoms with Crippen LogP contribution in [-0.2, 0) is 0 Å². The third kappa shape index (κ3) is 1.37. The quantitative estimate of drug-likeness (QED) is 0.561. The monoisotopic (exact) mass is 151 g/mol. The van der Waals surface area contributed by atoms with Gasteiger partial charge in [0.1, 0.15) is 0 Å². The number of hydrogen-bond donors (Lipinski definition) is 0. The molecule has 0 unspecified atom stereocenters. The van der Waals surface area contributed by atoms with Gasteiger partial charge in [-0.25, -0.2) is 4.98 Å². The van der Waals surface area contributed by atoms with Crippen molar-refractivity contribution in [3.05, 3.63) is 16.1 Å². The molecule has 0 N–H and O–H groups in total. The first-order chi connectivity index (χ1) is 4.74. The van der Waals surface area contributed by atoms with Crippen LogP contribution in [-0.4, -0.2) is 4.98 Å². The Morgan fingerprint density at radius 2 is 2.40 bits per heavy atom. The topological polar surface area (TPSA) is 12.9 Å². The molecule has 2 heteroatoms. The van der Waals surface area contributed by atoms with Gasteiger partial charge in [-0.2, -0.15) is 0 Å². The maximum atomic E-state index is 5.16. The van der Waals surface area contributed by atoms with Crippen molar-refractivity contribution in [3.8, 4) is 12.3 Å². The van der Waals surface area contributed by atoms with E-state index in [1.807, 2.05) is 6.20 Å². The second kappa shape index (κ2) is 2.85. The summed E-state index contributed by atoms with van der Waals surface area (Å²) in [5.74, 6) is 3.05. The van der Waals surface area contributed by atoms with E-state index in [0.29, 0.717) is 5.92 Å². The molecule has 1 aromatic heterocycles. The Balaban J connectivity index is 2.91. The van der Waals surface area contributed by atoms with Gasteiger partial charge in [-0.05, 0) is 11.8 Å². The van der Waals surface area contributed by atoms with Crippen molar-refractivity contribution in [2.75, 3.05) is 0 Å². The van der Waals surface area contributed by atoms with Gasteiger partial charge >= 0.3 is 0 Å². The third-order valence-corrected chi connectivity index (χ3v) is 2.45. The first kappa shape index (κ1) is 7.30. The summed E-state index contributed by atoms with van der Waals surface area (Å²) in [5.41, 5.74) is 0. The summed E-state index contributed by atoms with van der Waals surface area (Å²) in [7, 11) is 0. The van der Waals surface area contributed by atoms with Crippen molar-refractivity contribution in [1.82, 2.24) is 4.98 Å². The highest BCUT2D eigenvalue weighted by atomic mass is 32.1. The standard InChI is InChI=1S/C8H9NS/c1-4-8-9-5-7(10-8)6(2)3/h1,5-6H,2-3H3. The van der Waals surface area contributed by atoms with Crippen molar-refractivity contribution in [3.63, 3.8) is 0 Å². The maximum Gasteiger partial charge on any atom is 0.166 e. The molecule has 0 aromatic carbocycles. The molecular weight excluding hydrogens is 142 g/mol. The molecule has 0 saturated heterocycles. The highest BCUT2D eigenvalue weighted by Crippen LogP contribution is 2.20. The average molecular weight is 151 g/mol. The molecule has 0 amide bonds. The lowest BCUT2D eigenvalue weighted by Crippen LogP contribution is -1.77. The molecule has 0 fully saturated rings. The minimum absolute atomic E-state index is 0.541. The van der Waals surface area contributed by atoms with Crippen LogP contribution < -0.4 is 0 Å². The molecule has 1 heterocycles. The molecule has 0 spiro atoms. The Hall–Kier alpha value is -0.810. The number of nitrogens with zero attached hydrogens (tertiary/aromatic N) is 1. The first-order valence-electron chi connectivity index (χ1n) is 3.16. The summed E-state index contributed by atoms with van der Waals surface area (Å²) >= 11 is 1.59. The maximum absolute atomic E-state index is 5.16. The molecule has 0 aliphatic rings. The van der Waals surface area contributed by atoms with Crippen molar-refractivity contribution in [2.24, 2.45) is 0 Å². The summed E-state index contributed by atoms with van der Waals surface area (Å²) in [6.45, 7) is 4.27. The zero-order valence-electron chi connectivity index (χ0n) is 6.09. The van der Waals surface area contributed by atoms with E-state index in [0.717, 1.165) is 5.01 Å². The summed E-state index contributed by atoms with van der Waals surface area (Å²) < 4.78 is 0. The highest BCUT2D eigenvalue weighted by Gasteiger charge is 2.02. The number of terminal acetylenes is 1. The zero-order valence-corrected chi connectivity index (χ0v) is 6.90. The molecule has 0 aliphatic carbocycles. The molecule has 1 rings (SSSR count). The van der Waals surface area contributed by atoms with Crippen LogP contribution in [0, 0.1) is 12.3 Å². The van der Waals surface area contributed by atoms with E-state index in [2.05, 4.69) is 24.8 Å². The Morgan fingerprint density at radius 1 is 1.70 bits per heavy atom.